The van der Waals surface area contributed by atoms with Gasteiger partial charge >= 0.3 is 0 Å². The minimum absolute atomic E-state index is 0.816. The zero-order valence-electron chi connectivity index (χ0n) is 44.5. The number of thiophene rings is 1. The lowest BCUT2D eigenvalue weighted by Crippen LogP contribution is -1.98. The Morgan fingerprint density at radius 3 is 0.823 bits per heavy atom. The Kier molecular flexibility index (Phi) is 14.3. The highest BCUT2D eigenvalue weighted by atomic mass is 32.1. The fourth-order valence-corrected chi connectivity index (χ4v) is 11.7. The zero-order chi connectivity index (χ0) is 53.7. The van der Waals surface area contributed by atoms with Crippen molar-refractivity contribution >= 4 is 44.7 Å². The third-order valence-corrected chi connectivity index (χ3v) is 15.8. The molecule has 0 fully saturated rings. The van der Waals surface area contributed by atoms with Gasteiger partial charge in [-0.2, -0.15) is 0 Å². The number of ether oxygens (including phenoxy) is 2. The lowest BCUT2D eigenvalue weighted by atomic mass is 9.85. The summed E-state index contributed by atoms with van der Waals surface area (Å²) in [5, 5.41) is 0. The molecule has 0 N–H and O–H groups in total. The van der Waals surface area contributed by atoms with Gasteiger partial charge in [-0.05, 0) is 116 Å². The second kappa shape index (κ2) is 22.5. The van der Waals surface area contributed by atoms with Crippen LogP contribution < -0.4 is 9.47 Å². The van der Waals surface area contributed by atoms with Crippen LogP contribution >= 0.6 is 11.3 Å². The third kappa shape index (κ3) is 10.4. The number of aryl methyl sites for hydroxylation is 2. The fourth-order valence-electron chi connectivity index (χ4n) is 10.5. The first-order valence-electron chi connectivity index (χ1n) is 26.6. The molecular formula is C74H56N2O2S. The molecule has 0 amide bonds. The number of benzene rings is 10. The largest absolute Gasteiger partial charge is 0.497 e. The van der Waals surface area contributed by atoms with Crippen molar-refractivity contribution in [1.29, 1.82) is 0 Å². The van der Waals surface area contributed by atoms with Crippen molar-refractivity contribution in [2.24, 2.45) is 0 Å². The molecule has 0 aliphatic rings. The van der Waals surface area contributed by atoms with E-state index in [1.807, 2.05) is 36.4 Å². The lowest BCUT2D eigenvalue weighted by molar-refractivity contribution is 0.414. The minimum Gasteiger partial charge on any atom is -0.497 e. The summed E-state index contributed by atoms with van der Waals surface area (Å²) in [5.74, 6) is 1.63. The Labute approximate surface area is 467 Å². The van der Waals surface area contributed by atoms with E-state index >= 15 is 0 Å². The molecule has 5 heteroatoms. The molecule has 12 rings (SSSR count). The van der Waals surface area contributed by atoms with Gasteiger partial charge in [-0.3, -0.25) is 0 Å². The molecular weight excluding hydrogens is 981 g/mol. The van der Waals surface area contributed by atoms with Crippen molar-refractivity contribution in [2.45, 2.75) is 13.8 Å². The molecule has 10 aromatic carbocycles. The highest BCUT2D eigenvalue weighted by molar-refractivity contribution is 7.20. The Hall–Kier alpha value is -9.68. The highest BCUT2D eigenvalue weighted by Crippen LogP contribution is 2.47. The number of rotatable bonds is 14. The predicted molar refractivity (Wildman–Crippen MR) is 330 cm³/mol. The second-order valence-electron chi connectivity index (χ2n) is 19.7. The molecule has 0 bridgehead atoms. The van der Waals surface area contributed by atoms with E-state index in [2.05, 4.69) is 244 Å². The smallest absolute Gasteiger partial charge is 0.118 e. The van der Waals surface area contributed by atoms with Gasteiger partial charge in [-0.25, -0.2) is 9.97 Å². The lowest BCUT2D eigenvalue weighted by Gasteiger charge is -2.19. The first-order valence-corrected chi connectivity index (χ1v) is 27.4. The molecule has 0 atom stereocenters. The van der Waals surface area contributed by atoms with Crippen LogP contribution in [0.1, 0.15) is 55.6 Å². The summed E-state index contributed by atoms with van der Waals surface area (Å²) >= 11 is 1.74. The van der Waals surface area contributed by atoms with Crippen LogP contribution in [0.5, 0.6) is 11.5 Å². The summed E-state index contributed by atoms with van der Waals surface area (Å²) in [6.07, 6.45) is 0. The summed E-state index contributed by atoms with van der Waals surface area (Å²) in [6.45, 7) is 4.27. The summed E-state index contributed by atoms with van der Waals surface area (Å²) in [4.78, 5) is 13.5. The van der Waals surface area contributed by atoms with Crippen molar-refractivity contribution in [2.75, 3.05) is 14.2 Å². The second-order valence-corrected chi connectivity index (χ2v) is 20.7. The highest BCUT2D eigenvalue weighted by Gasteiger charge is 2.24. The topological polar surface area (TPSA) is 44.2 Å². The zero-order valence-corrected chi connectivity index (χ0v) is 45.3. The van der Waals surface area contributed by atoms with Crippen LogP contribution in [0.25, 0.3) is 76.7 Å². The molecule has 4 nitrogen and oxygen atoms in total. The molecule has 2 aromatic heterocycles. The van der Waals surface area contributed by atoms with Crippen LogP contribution in [-0.2, 0) is 0 Å². The van der Waals surface area contributed by atoms with Crippen LogP contribution in [-0.4, -0.2) is 24.2 Å². The molecule has 0 spiro atoms. The maximum absolute atomic E-state index is 5.68. The van der Waals surface area contributed by atoms with Crippen molar-refractivity contribution in [3.63, 3.8) is 0 Å². The number of hydrogen-bond donors (Lipinski definition) is 0. The quantitative estimate of drug-likeness (QED) is 0.102. The van der Waals surface area contributed by atoms with E-state index in [4.69, 9.17) is 19.4 Å². The van der Waals surface area contributed by atoms with Crippen LogP contribution in [0.15, 0.2) is 267 Å². The van der Waals surface area contributed by atoms with Crippen LogP contribution in [0.2, 0.25) is 0 Å². The first-order chi connectivity index (χ1) is 38.9. The predicted octanol–water partition coefficient (Wildman–Crippen LogP) is 19.0. The van der Waals surface area contributed by atoms with Crippen molar-refractivity contribution in [3.05, 3.63) is 323 Å². The number of methoxy groups -OCH3 is 2. The van der Waals surface area contributed by atoms with E-state index in [0.29, 0.717) is 0 Å². The molecule has 0 saturated heterocycles. The molecule has 12 aromatic rings. The Balaban J connectivity index is 1.06. The normalized spacial score (nSPS) is 11.9. The van der Waals surface area contributed by atoms with E-state index in [1.165, 1.54) is 11.1 Å². The van der Waals surface area contributed by atoms with Crippen LogP contribution in [0.3, 0.4) is 0 Å². The SMILES string of the molecule is COc1ccc(/C(=C(/c2ccccc2)c2ccc(-c3sc(-c4ccc(/C(=C(\c5ccc(C)cc5)c5ccc(OC)cc5)c5ccccc5)cc4)c4nc(-c5ccccc5)c(-c5ccccc5)nc34)cc2)c2ccc(C)cc2)cc1. The maximum atomic E-state index is 5.68. The molecule has 380 valence electrons. The van der Waals surface area contributed by atoms with Gasteiger partial charge in [0.25, 0.3) is 0 Å². The summed E-state index contributed by atoms with van der Waals surface area (Å²) in [7, 11) is 3.42. The van der Waals surface area contributed by atoms with Gasteiger partial charge in [-0.15, -0.1) is 11.3 Å². The molecule has 79 heavy (non-hydrogen) atoms. The van der Waals surface area contributed by atoms with Gasteiger partial charge in [0.1, 0.15) is 22.5 Å². The van der Waals surface area contributed by atoms with E-state index in [-0.39, 0.29) is 0 Å². The van der Waals surface area contributed by atoms with Gasteiger partial charge < -0.3 is 9.47 Å². The maximum Gasteiger partial charge on any atom is 0.118 e. The average Bonchev–Trinajstić information content (AvgIpc) is 4.00. The number of aromatic nitrogens is 2. The van der Waals surface area contributed by atoms with Gasteiger partial charge in [-0.1, -0.05) is 254 Å². The van der Waals surface area contributed by atoms with Gasteiger partial charge in [0.2, 0.25) is 0 Å². The van der Waals surface area contributed by atoms with E-state index in [9.17, 15) is 0 Å². The number of nitrogens with zero attached hydrogens (tertiary/aromatic N) is 2. The molecule has 0 radical (unpaired) electrons. The molecule has 0 unspecified atom stereocenters. The Morgan fingerprint density at radius 2 is 0.532 bits per heavy atom. The summed E-state index contributed by atoms with van der Waals surface area (Å²) in [6, 6.07) is 94.9. The fraction of sp³-hybridized carbons (Fsp3) is 0.0541. The minimum atomic E-state index is 0.816. The molecule has 2 heterocycles. The standard InChI is InChI=1S/C74H56N2O2S/c1-49-25-29-53(30-26-49)67(57-41-45-63(77-3)46-42-57)65(51-17-9-5-10-18-51)55-33-37-61(38-34-55)73-71-72(76-70(60-23-15-8-16-24-60)69(75-71)59-21-13-7-14-22-59)74(79-73)62-39-35-56(36-40-62)66(52-19-11-6-12-20-52)68(54-31-27-50(2)28-32-54)58-43-47-64(78-4)48-44-58/h5-48H,1-4H3/b67-65-,68-66+. The molecule has 0 saturated carbocycles. The average molecular weight is 1040 g/mol. The monoisotopic (exact) mass is 1040 g/mol. The number of hydrogen-bond acceptors (Lipinski definition) is 5. The summed E-state index contributed by atoms with van der Waals surface area (Å²) < 4.78 is 11.3. The summed E-state index contributed by atoms with van der Waals surface area (Å²) in [5.41, 5.74) is 23.4. The van der Waals surface area contributed by atoms with Gasteiger partial charge in [0.05, 0.1) is 35.4 Å². The van der Waals surface area contributed by atoms with Crippen molar-refractivity contribution in [3.8, 4) is 54.9 Å². The van der Waals surface area contributed by atoms with Crippen LogP contribution in [0, 0.1) is 13.8 Å². The van der Waals surface area contributed by atoms with Gasteiger partial charge in [0.15, 0.2) is 0 Å². The van der Waals surface area contributed by atoms with E-state index < -0.39 is 0 Å². The van der Waals surface area contributed by atoms with Crippen molar-refractivity contribution < 1.29 is 9.47 Å². The van der Waals surface area contributed by atoms with Crippen molar-refractivity contribution in [1.82, 2.24) is 9.97 Å². The Bertz CT molecular complexity index is 3840. The van der Waals surface area contributed by atoms with E-state index in [0.717, 1.165) is 133 Å². The van der Waals surface area contributed by atoms with Crippen LogP contribution in [0.4, 0.5) is 0 Å². The Morgan fingerprint density at radius 1 is 0.278 bits per heavy atom. The third-order valence-electron chi connectivity index (χ3n) is 14.6. The van der Waals surface area contributed by atoms with E-state index in [1.54, 1.807) is 25.6 Å². The molecule has 0 aliphatic carbocycles. The number of fused-ring (bicyclic) bond motifs is 1. The van der Waals surface area contributed by atoms with Gasteiger partial charge in [0, 0.05) is 11.1 Å². The first kappa shape index (κ1) is 50.2. The molecule has 0 aliphatic heterocycles.